The van der Waals surface area contributed by atoms with Crippen molar-refractivity contribution >= 4 is 17.7 Å². The lowest BCUT2D eigenvalue weighted by molar-refractivity contribution is -0.133. The fourth-order valence-corrected chi connectivity index (χ4v) is 1.22. The number of hydrogen-bond acceptors (Lipinski definition) is 6. The molecule has 0 aliphatic heterocycles. The van der Waals surface area contributed by atoms with Crippen molar-refractivity contribution in [3.63, 3.8) is 0 Å². The molecule has 1 N–H and O–H groups in total. The van der Waals surface area contributed by atoms with Gasteiger partial charge in [-0.05, 0) is 13.0 Å². The van der Waals surface area contributed by atoms with Crippen molar-refractivity contribution < 1.29 is 19.1 Å². The second kappa shape index (κ2) is 6.92. The highest BCUT2D eigenvalue weighted by atomic mass is 16.5. The number of Topliss-reactive ketones (excluding diaryl/α,β-unsaturated/α-hetero) is 1. The van der Waals surface area contributed by atoms with E-state index < -0.39 is 29.8 Å². The van der Waals surface area contributed by atoms with E-state index in [0.717, 1.165) is 0 Å². The molecule has 1 atom stereocenters. The standard InChI is InChI=1S/C14H19N3O4/c1-9(17-13(20)14(2,3)4)10(18)8-21-12(19)11-15-6-5-7-16-11/h5-7,9H,8H2,1-4H3,(H,17,20)/t9-/m0/s1. The van der Waals surface area contributed by atoms with Gasteiger partial charge in [0.2, 0.25) is 11.7 Å². The number of nitrogens with one attached hydrogen (secondary N) is 1. The van der Waals surface area contributed by atoms with Gasteiger partial charge < -0.3 is 10.1 Å². The molecule has 0 aromatic carbocycles. The Morgan fingerprint density at radius 2 is 1.81 bits per heavy atom. The average Bonchev–Trinajstić information content (AvgIpc) is 2.44. The van der Waals surface area contributed by atoms with E-state index in [1.165, 1.54) is 12.4 Å². The van der Waals surface area contributed by atoms with Gasteiger partial charge in [0.1, 0.15) is 0 Å². The van der Waals surface area contributed by atoms with Crippen molar-refractivity contribution in [2.75, 3.05) is 6.61 Å². The van der Waals surface area contributed by atoms with Crippen LogP contribution in [0.2, 0.25) is 0 Å². The van der Waals surface area contributed by atoms with Gasteiger partial charge in [-0.3, -0.25) is 9.59 Å². The van der Waals surface area contributed by atoms with Gasteiger partial charge in [-0.15, -0.1) is 0 Å². The monoisotopic (exact) mass is 293 g/mol. The number of carbonyl (C=O) groups is 3. The van der Waals surface area contributed by atoms with E-state index in [-0.39, 0.29) is 11.7 Å². The average molecular weight is 293 g/mol. The topological polar surface area (TPSA) is 98.2 Å². The summed E-state index contributed by atoms with van der Waals surface area (Å²) in [6.07, 6.45) is 2.80. The smallest absolute Gasteiger partial charge is 0.376 e. The van der Waals surface area contributed by atoms with Gasteiger partial charge in [0, 0.05) is 17.8 Å². The molecule has 1 amide bonds. The van der Waals surface area contributed by atoms with E-state index in [4.69, 9.17) is 4.74 Å². The van der Waals surface area contributed by atoms with Crippen molar-refractivity contribution in [1.29, 1.82) is 0 Å². The molecule has 1 aromatic rings. The number of hydrogen-bond donors (Lipinski definition) is 1. The summed E-state index contributed by atoms with van der Waals surface area (Å²) >= 11 is 0. The molecule has 0 bridgehead atoms. The van der Waals surface area contributed by atoms with Crippen molar-refractivity contribution in [2.24, 2.45) is 5.41 Å². The first kappa shape index (κ1) is 16.7. The van der Waals surface area contributed by atoms with Gasteiger partial charge in [-0.25, -0.2) is 14.8 Å². The van der Waals surface area contributed by atoms with Crippen molar-refractivity contribution in [3.05, 3.63) is 24.3 Å². The minimum Gasteiger partial charge on any atom is -0.452 e. The lowest BCUT2D eigenvalue weighted by atomic mass is 9.95. The molecule has 114 valence electrons. The Morgan fingerprint density at radius 1 is 1.24 bits per heavy atom. The molecule has 1 rings (SSSR count). The number of rotatable bonds is 5. The summed E-state index contributed by atoms with van der Waals surface area (Å²) in [5, 5.41) is 2.57. The zero-order chi connectivity index (χ0) is 16.0. The number of carbonyl (C=O) groups excluding carboxylic acids is 3. The summed E-state index contributed by atoms with van der Waals surface area (Å²) in [6, 6.07) is 0.827. The summed E-state index contributed by atoms with van der Waals surface area (Å²) in [5.74, 6) is -1.55. The van der Waals surface area contributed by atoms with Gasteiger partial charge in [0.15, 0.2) is 12.4 Å². The largest absolute Gasteiger partial charge is 0.452 e. The van der Waals surface area contributed by atoms with E-state index in [1.54, 1.807) is 33.8 Å². The van der Waals surface area contributed by atoms with Gasteiger partial charge in [-0.1, -0.05) is 20.8 Å². The van der Waals surface area contributed by atoms with Crippen molar-refractivity contribution in [3.8, 4) is 0 Å². The van der Waals surface area contributed by atoms with Crippen LogP contribution in [0.3, 0.4) is 0 Å². The van der Waals surface area contributed by atoms with Gasteiger partial charge in [0.25, 0.3) is 0 Å². The van der Waals surface area contributed by atoms with Crippen LogP contribution in [0.5, 0.6) is 0 Å². The Kier molecular flexibility index (Phi) is 5.52. The first-order valence-electron chi connectivity index (χ1n) is 6.49. The summed E-state index contributed by atoms with van der Waals surface area (Å²) in [7, 11) is 0. The van der Waals surface area contributed by atoms with Crippen LogP contribution in [0.15, 0.2) is 18.5 Å². The minimum absolute atomic E-state index is 0.114. The Balaban J connectivity index is 2.47. The van der Waals surface area contributed by atoms with Crippen LogP contribution in [-0.4, -0.2) is 40.3 Å². The number of ketones is 1. The molecule has 0 spiro atoms. The first-order chi connectivity index (χ1) is 9.71. The highest BCUT2D eigenvalue weighted by Crippen LogP contribution is 2.12. The molecule has 0 unspecified atom stereocenters. The van der Waals surface area contributed by atoms with Crippen molar-refractivity contribution in [2.45, 2.75) is 33.7 Å². The van der Waals surface area contributed by atoms with Gasteiger partial charge >= 0.3 is 5.97 Å². The van der Waals surface area contributed by atoms with E-state index in [2.05, 4.69) is 15.3 Å². The van der Waals surface area contributed by atoms with Gasteiger partial charge in [0.05, 0.1) is 6.04 Å². The lowest BCUT2D eigenvalue weighted by Gasteiger charge is -2.21. The Hall–Kier alpha value is -2.31. The third-order valence-corrected chi connectivity index (χ3v) is 2.61. The maximum Gasteiger partial charge on any atom is 0.376 e. The predicted octanol–water partition coefficient (Wildman–Crippen LogP) is 0.753. The van der Waals surface area contributed by atoms with E-state index >= 15 is 0 Å². The highest BCUT2D eigenvalue weighted by Gasteiger charge is 2.25. The Labute approximate surface area is 123 Å². The quantitative estimate of drug-likeness (QED) is 0.804. The molecular weight excluding hydrogens is 274 g/mol. The zero-order valence-corrected chi connectivity index (χ0v) is 12.5. The summed E-state index contributed by atoms with van der Waals surface area (Å²) in [6.45, 7) is 6.33. The number of amides is 1. The molecule has 7 nitrogen and oxygen atoms in total. The molecule has 0 radical (unpaired) electrons. The van der Waals surface area contributed by atoms with Crippen LogP contribution in [-0.2, 0) is 14.3 Å². The maximum atomic E-state index is 11.8. The lowest BCUT2D eigenvalue weighted by Crippen LogP contribution is -2.45. The number of esters is 1. The fraction of sp³-hybridized carbons (Fsp3) is 0.500. The van der Waals surface area contributed by atoms with E-state index in [0.29, 0.717) is 0 Å². The molecule has 7 heteroatoms. The van der Waals surface area contributed by atoms with Crippen LogP contribution in [0, 0.1) is 5.41 Å². The van der Waals surface area contributed by atoms with Crippen LogP contribution in [0.4, 0.5) is 0 Å². The van der Waals surface area contributed by atoms with Crippen LogP contribution < -0.4 is 5.32 Å². The zero-order valence-electron chi connectivity index (χ0n) is 12.5. The van der Waals surface area contributed by atoms with Crippen LogP contribution in [0.1, 0.15) is 38.3 Å². The number of nitrogens with zero attached hydrogens (tertiary/aromatic N) is 2. The third kappa shape index (κ3) is 5.29. The SMILES string of the molecule is C[C@H](NC(=O)C(C)(C)C)C(=O)COC(=O)c1ncccn1. The molecule has 21 heavy (non-hydrogen) atoms. The molecule has 1 aromatic heterocycles. The maximum absolute atomic E-state index is 11.8. The summed E-state index contributed by atoms with van der Waals surface area (Å²) in [5.41, 5.74) is -0.594. The second-order valence-corrected chi connectivity index (χ2v) is 5.56. The molecule has 0 fully saturated rings. The van der Waals surface area contributed by atoms with Crippen LogP contribution >= 0.6 is 0 Å². The number of aromatic nitrogens is 2. The van der Waals surface area contributed by atoms with E-state index in [9.17, 15) is 14.4 Å². The Morgan fingerprint density at radius 3 is 2.33 bits per heavy atom. The first-order valence-corrected chi connectivity index (χ1v) is 6.49. The van der Waals surface area contributed by atoms with Gasteiger partial charge in [-0.2, -0.15) is 0 Å². The van der Waals surface area contributed by atoms with Crippen molar-refractivity contribution in [1.82, 2.24) is 15.3 Å². The summed E-state index contributed by atoms with van der Waals surface area (Å²) < 4.78 is 4.81. The minimum atomic E-state index is -0.779. The third-order valence-electron chi connectivity index (χ3n) is 2.61. The highest BCUT2D eigenvalue weighted by molar-refractivity contribution is 5.93. The normalized spacial score (nSPS) is 12.4. The molecule has 0 saturated carbocycles. The predicted molar refractivity (Wildman–Crippen MR) is 74.4 cm³/mol. The molecule has 0 saturated heterocycles. The second-order valence-electron chi connectivity index (χ2n) is 5.56. The summed E-state index contributed by atoms with van der Waals surface area (Å²) in [4.78, 5) is 42.6. The molecular formula is C14H19N3O4. The molecule has 0 aliphatic rings. The molecule has 1 heterocycles. The van der Waals surface area contributed by atoms with E-state index in [1.807, 2.05) is 0 Å². The fourth-order valence-electron chi connectivity index (χ4n) is 1.22. The Bertz CT molecular complexity index is 523. The number of ether oxygens (including phenoxy) is 1. The van der Waals surface area contributed by atoms with Crippen LogP contribution in [0.25, 0.3) is 0 Å². The molecule has 0 aliphatic carbocycles.